The maximum Gasteiger partial charge on any atom is 0.411 e. The number of alkyl halides is 6. The number of rotatable bonds is 1. The Labute approximate surface area is 73.9 Å². The summed E-state index contributed by atoms with van der Waals surface area (Å²) in [5, 5.41) is 7.60. The van der Waals surface area contributed by atoms with Gasteiger partial charge in [0.25, 0.3) is 0 Å². The number of carbonyl (C=O) groups is 1. The molecule has 80 valence electrons. The van der Waals surface area contributed by atoms with Gasteiger partial charge < -0.3 is 5.11 Å². The van der Waals surface area contributed by atoms with E-state index in [1.807, 2.05) is 0 Å². The van der Waals surface area contributed by atoms with Gasteiger partial charge in [0.2, 0.25) is 5.92 Å². The molecule has 0 rings (SSSR count). The van der Waals surface area contributed by atoms with Crippen LogP contribution in [0.1, 0.15) is 0 Å². The molecule has 0 aliphatic carbocycles. The Bertz CT molecular complexity index is 170. The summed E-state index contributed by atoms with van der Waals surface area (Å²) in [6.07, 6.45) is -11.6. The lowest BCUT2D eigenvalue weighted by Gasteiger charge is -2.18. The second-order valence-electron chi connectivity index (χ2n) is 1.85. The van der Waals surface area contributed by atoms with Gasteiger partial charge in [-0.25, -0.2) is 0 Å². The third kappa shape index (κ3) is 4.20. The summed E-state index contributed by atoms with van der Waals surface area (Å²) in [5.41, 5.74) is 0. The van der Waals surface area contributed by atoms with Crippen molar-refractivity contribution in [3.05, 3.63) is 0 Å². The molecule has 0 fully saturated rings. The van der Waals surface area contributed by atoms with Crippen molar-refractivity contribution in [2.45, 2.75) is 12.4 Å². The van der Waals surface area contributed by atoms with Crippen LogP contribution in [-0.4, -0.2) is 23.4 Å². The lowest BCUT2D eigenvalue weighted by molar-refractivity contribution is -0.280. The van der Waals surface area contributed by atoms with E-state index in [0.717, 1.165) is 0 Å². The van der Waals surface area contributed by atoms with Crippen molar-refractivity contribution in [2.24, 2.45) is 5.92 Å². The molecular weight excluding hydrogens is 229 g/mol. The number of carboxylic acids is 1. The fourth-order valence-corrected chi connectivity index (χ4v) is 0.466. The molecule has 0 spiro atoms. The fraction of sp³-hybridized carbons (Fsp3) is 0.750. The summed E-state index contributed by atoms with van der Waals surface area (Å²) in [5.74, 6) is -7.25. The SMILES string of the molecule is Cl.O=C(O)C(C(F)(F)F)C(F)(F)F. The van der Waals surface area contributed by atoms with Gasteiger partial charge in [0.1, 0.15) is 0 Å². The third-order valence-corrected chi connectivity index (χ3v) is 0.902. The average molecular weight is 233 g/mol. The molecule has 1 N–H and O–H groups in total. The van der Waals surface area contributed by atoms with Crippen LogP contribution >= 0.6 is 12.4 Å². The first-order valence-corrected chi connectivity index (χ1v) is 2.43. The zero-order valence-electron chi connectivity index (χ0n) is 5.61. The van der Waals surface area contributed by atoms with Crippen molar-refractivity contribution in [1.82, 2.24) is 0 Å². The fourth-order valence-electron chi connectivity index (χ4n) is 0.466. The highest BCUT2D eigenvalue weighted by Crippen LogP contribution is 2.39. The van der Waals surface area contributed by atoms with Gasteiger partial charge >= 0.3 is 18.3 Å². The maximum atomic E-state index is 11.4. The largest absolute Gasteiger partial charge is 0.481 e. The Morgan fingerprint density at radius 2 is 1.23 bits per heavy atom. The summed E-state index contributed by atoms with van der Waals surface area (Å²) >= 11 is 0. The van der Waals surface area contributed by atoms with E-state index in [4.69, 9.17) is 5.11 Å². The van der Waals surface area contributed by atoms with Gasteiger partial charge in [-0.2, -0.15) is 26.3 Å². The first-order valence-electron chi connectivity index (χ1n) is 2.43. The molecule has 0 heterocycles. The molecule has 0 aromatic heterocycles. The Hall–Kier alpha value is -0.660. The second kappa shape index (κ2) is 4.03. The Kier molecular flexibility index (Phi) is 4.60. The minimum atomic E-state index is -5.80. The van der Waals surface area contributed by atoms with Crippen molar-refractivity contribution in [3.8, 4) is 0 Å². The van der Waals surface area contributed by atoms with Crippen LogP contribution in [0.4, 0.5) is 26.3 Å². The lowest BCUT2D eigenvalue weighted by atomic mass is 10.1. The van der Waals surface area contributed by atoms with Gasteiger partial charge in [0, 0.05) is 0 Å². The normalized spacial score (nSPS) is 12.5. The number of hydrogen-bond acceptors (Lipinski definition) is 1. The Balaban J connectivity index is 0. The smallest absolute Gasteiger partial charge is 0.411 e. The van der Waals surface area contributed by atoms with E-state index in [-0.39, 0.29) is 12.4 Å². The van der Waals surface area contributed by atoms with E-state index in [1.54, 1.807) is 0 Å². The van der Waals surface area contributed by atoms with Crippen molar-refractivity contribution < 1.29 is 36.2 Å². The van der Waals surface area contributed by atoms with Crippen LogP contribution in [0.3, 0.4) is 0 Å². The van der Waals surface area contributed by atoms with Gasteiger partial charge in [-0.05, 0) is 0 Å². The van der Waals surface area contributed by atoms with Crippen LogP contribution in [0, 0.1) is 5.92 Å². The lowest BCUT2D eigenvalue weighted by Crippen LogP contribution is -2.42. The Morgan fingerprint density at radius 1 is 1.00 bits per heavy atom. The van der Waals surface area contributed by atoms with Gasteiger partial charge in [0.15, 0.2) is 0 Å². The highest BCUT2D eigenvalue weighted by molar-refractivity contribution is 5.85. The van der Waals surface area contributed by atoms with Crippen LogP contribution in [0.5, 0.6) is 0 Å². The van der Waals surface area contributed by atoms with E-state index >= 15 is 0 Å². The molecule has 0 unspecified atom stereocenters. The molecule has 0 saturated carbocycles. The predicted molar refractivity (Wildman–Crippen MR) is 30.5 cm³/mol. The van der Waals surface area contributed by atoms with E-state index in [0.29, 0.717) is 0 Å². The van der Waals surface area contributed by atoms with Crippen molar-refractivity contribution >= 4 is 18.4 Å². The monoisotopic (exact) mass is 232 g/mol. The molecule has 0 aromatic rings. The quantitative estimate of drug-likeness (QED) is 0.704. The zero-order valence-corrected chi connectivity index (χ0v) is 6.43. The molecule has 0 atom stereocenters. The first-order chi connectivity index (χ1) is 5.07. The van der Waals surface area contributed by atoms with Crippen LogP contribution in [0.15, 0.2) is 0 Å². The molecule has 0 amide bonds. The summed E-state index contributed by atoms with van der Waals surface area (Å²) in [6, 6.07) is 0. The molecule has 0 aliphatic rings. The molecule has 2 nitrogen and oxygen atoms in total. The standard InChI is InChI=1S/C4H2F6O2.ClH/c5-3(6,7)1(2(11)12)4(8,9)10;/h1H,(H,11,12);1H. The summed E-state index contributed by atoms with van der Waals surface area (Å²) in [4.78, 5) is 9.55. The summed E-state index contributed by atoms with van der Waals surface area (Å²) in [6.45, 7) is 0. The van der Waals surface area contributed by atoms with E-state index in [2.05, 4.69) is 0 Å². The molecule has 13 heavy (non-hydrogen) atoms. The molecule has 0 radical (unpaired) electrons. The molecular formula is C4H3ClF6O2. The second-order valence-corrected chi connectivity index (χ2v) is 1.85. The maximum absolute atomic E-state index is 11.4. The summed E-state index contributed by atoms with van der Waals surface area (Å²) < 4.78 is 68.2. The van der Waals surface area contributed by atoms with Crippen LogP contribution in [0.2, 0.25) is 0 Å². The van der Waals surface area contributed by atoms with Crippen LogP contribution < -0.4 is 0 Å². The molecule has 0 aliphatic heterocycles. The number of hydrogen-bond donors (Lipinski definition) is 1. The number of carboxylic acid groups (broad SMARTS) is 1. The third-order valence-electron chi connectivity index (χ3n) is 0.902. The van der Waals surface area contributed by atoms with Gasteiger partial charge in [0.05, 0.1) is 0 Å². The molecule has 0 bridgehead atoms. The Morgan fingerprint density at radius 3 is 1.23 bits per heavy atom. The van der Waals surface area contributed by atoms with Crippen LogP contribution in [0.25, 0.3) is 0 Å². The van der Waals surface area contributed by atoms with Crippen molar-refractivity contribution in [1.29, 1.82) is 0 Å². The predicted octanol–water partition coefficient (Wildman–Crippen LogP) is 2.23. The minimum Gasteiger partial charge on any atom is -0.481 e. The average Bonchev–Trinajstić information content (AvgIpc) is 1.49. The molecule has 0 saturated heterocycles. The van der Waals surface area contributed by atoms with Crippen LogP contribution in [-0.2, 0) is 4.79 Å². The minimum absolute atomic E-state index is 0. The van der Waals surface area contributed by atoms with E-state index in [9.17, 15) is 31.1 Å². The van der Waals surface area contributed by atoms with Crippen molar-refractivity contribution in [2.75, 3.05) is 0 Å². The zero-order chi connectivity index (χ0) is 10.2. The molecule has 0 aromatic carbocycles. The molecule has 9 heteroatoms. The number of aliphatic carboxylic acids is 1. The first kappa shape index (κ1) is 14.8. The highest BCUT2D eigenvalue weighted by Gasteiger charge is 2.61. The van der Waals surface area contributed by atoms with Gasteiger partial charge in [-0.3, -0.25) is 4.79 Å². The van der Waals surface area contributed by atoms with E-state index < -0.39 is 24.2 Å². The number of halogens is 7. The van der Waals surface area contributed by atoms with Crippen molar-refractivity contribution in [3.63, 3.8) is 0 Å². The van der Waals surface area contributed by atoms with E-state index in [1.165, 1.54) is 0 Å². The highest BCUT2D eigenvalue weighted by atomic mass is 35.5. The summed E-state index contributed by atoms with van der Waals surface area (Å²) in [7, 11) is 0. The van der Waals surface area contributed by atoms with Gasteiger partial charge in [-0.1, -0.05) is 0 Å². The topological polar surface area (TPSA) is 37.3 Å². The van der Waals surface area contributed by atoms with Gasteiger partial charge in [-0.15, -0.1) is 12.4 Å².